The minimum Gasteiger partial charge on any atom is -0.271 e. The Labute approximate surface area is 125 Å². The van der Waals surface area contributed by atoms with Crippen LogP contribution in [0.1, 0.15) is 44.1 Å². The highest BCUT2D eigenvalue weighted by molar-refractivity contribution is 6.36. The van der Waals surface area contributed by atoms with E-state index >= 15 is 0 Å². The van der Waals surface area contributed by atoms with E-state index in [0.29, 0.717) is 5.92 Å². The number of nitrogens with one attached hydrogen (secondary N) is 1. The molecule has 1 aromatic carbocycles. The summed E-state index contributed by atoms with van der Waals surface area (Å²) in [4.78, 5) is 0. The van der Waals surface area contributed by atoms with Crippen molar-refractivity contribution >= 4 is 23.2 Å². The number of halogens is 2. The molecule has 0 amide bonds. The van der Waals surface area contributed by atoms with Crippen LogP contribution < -0.4 is 11.3 Å². The molecule has 106 valence electrons. The second-order valence-corrected chi connectivity index (χ2v) is 6.24. The van der Waals surface area contributed by atoms with Gasteiger partial charge in [0.2, 0.25) is 0 Å². The maximum atomic E-state index is 6.25. The van der Waals surface area contributed by atoms with E-state index in [1.54, 1.807) is 0 Å². The van der Waals surface area contributed by atoms with E-state index in [-0.39, 0.29) is 6.04 Å². The Morgan fingerprint density at radius 2 is 1.68 bits per heavy atom. The number of hydrogen-bond donors (Lipinski definition) is 2. The summed E-state index contributed by atoms with van der Waals surface area (Å²) in [7, 11) is 0. The van der Waals surface area contributed by atoms with Crippen molar-refractivity contribution in [1.29, 1.82) is 0 Å². The molecule has 0 saturated heterocycles. The summed E-state index contributed by atoms with van der Waals surface area (Å²) in [6, 6.07) is 5.92. The van der Waals surface area contributed by atoms with E-state index < -0.39 is 0 Å². The van der Waals surface area contributed by atoms with Gasteiger partial charge >= 0.3 is 0 Å². The van der Waals surface area contributed by atoms with Crippen LogP contribution in [-0.4, -0.2) is 6.04 Å². The van der Waals surface area contributed by atoms with Gasteiger partial charge in [0, 0.05) is 16.1 Å². The van der Waals surface area contributed by atoms with Crippen molar-refractivity contribution in [2.75, 3.05) is 0 Å². The topological polar surface area (TPSA) is 38.0 Å². The molecule has 4 heteroatoms. The molecule has 3 N–H and O–H groups in total. The first-order valence-corrected chi connectivity index (χ1v) is 7.87. The molecule has 1 atom stereocenters. The van der Waals surface area contributed by atoms with Crippen LogP contribution in [0.15, 0.2) is 18.2 Å². The Morgan fingerprint density at radius 1 is 1.11 bits per heavy atom. The van der Waals surface area contributed by atoms with Gasteiger partial charge in [0.25, 0.3) is 0 Å². The second-order valence-electron chi connectivity index (χ2n) is 5.43. The van der Waals surface area contributed by atoms with Gasteiger partial charge in [-0.25, -0.2) is 0 Å². The van der Waals surface area contributed by atoms with Crippen molar-refractivity contribution in [2.24, 2.45) is 11.8 Å². The summed E-state index contributed by atoms with van der Waals surface area (Å²) in [5, 5.41) is 1.47. The molecule has 0 aliphatic heterocycles. The molecule has 1 aromatic rings. The van der Waals surface area contributed by atoms with E-state index in [2.05, 4.69) is 5.43 Å². The predicted octanol–water partition coefficient (Wildman–Crippen LogP) is 4.34. The Kier molecular flexibility index (Phi) is 5.96. The first-order valence-electron chi connectivity index (χ1n) is 7.11. The van der Waals surface area contributed by atoms with Gasteiger partial charge in [-0.05, 0) is 42.9 Å². The number of rotatable bonds is 4. The molecule has 0 spiro atoms. The van der Waals surface area contributed by atoms with Gasteiger partial charge in [-0.3, -0.25) is 11.3 Å². The SMILES string of the molecule is NNC(Cc1c(Cl)cccc1Cl)C1CCCCCC1. The summed E-state index contributed by atoms with van der Waals surface area (Å²) in [5.41, 5.74) is 4.00. The Hall–Kier alpha value is -0.280. The van der Waals surface area contributed by atoms with Crippen LogP contribution in [0.3, 0.4) is 0 Å². The second kappa shape index (κ2) is 7.49. The van der Waals surface area contributed by atoms with E-state index in [4.69, 9.17) is 29.0 Å². The zero-order valence-electron chi connectivity index (χ0n) is 11.2. The molecular formula is C15H22Cl2N2. The standard InChI is InChI=1S/C15H22Cl2N2/c16-13-8-5-9-14(17)12(13)10-15(19-18)11-6-3-1-2-4-7-11/h5,8-9,11,15,19H,1-4,6-7,10,18H2. The first-order chi connectivity index (χ1) is 9.22. The van der Waals surface area contributed by atoms with Gasteiger partial charge in [-0.1, -0.05) is 55.0 Å². The van der Waals surface area contributed by atoms with Crippen molar-refractivity contribution in [2.45, 2.75) is 51.0 Å². The van der Waals surface area contributed by atoms with Crippen molar-refractivity contribution in [3.63, 3.8) is 0 Å². The number of benzene rings is 1. The monoisotopic (exact) mass is 300 g/mol. The number of hydrogen-bond acceptors (Lipinski definition) is 2. The lowest BCUT2D eigenvalue weighted by Crippen LogP contribution is -2.42. The van der Waals surface area contributed by atoms with Gasteiger partial charge in [0.05, 0.1) is 0 Å². The van der Waals surface area contributed by atoms with Crippen LogP contribution in [0.25, 0.3) is 0 Å². The summed E-state index contributed by atoms with van der Waals surface area (Å²) in [5.74, 6) is 6.39. The fourth-order valence-corrected chi connectivity index (χ4v) is 3.57. The summed E-state index contributed by atoms with van der Waals surface area (Å²) in [6.45, 7) is 0. The van der Waals surface area contributed by atoms with E-state index in [0.717, 1.165) is 22.0 Å². The average Bonchev–Trinajstić information content (AvgIpc) is 2.67. The lowest BCUT2D eigenvalue weighted by Gasteiger charge is -2.26. The molecule has 1 aliphatic rings. The Bertz CT molecular complexity index is 381. The van der Waals surface area contributed by atoms with Crippen LogP contribution in [0.2, 0.25) is 10.0 Å². The quantitative estimate of drug-likeness (QED) is 0.493. The summed E-state index contributed by atoms with van der Waals surface area (Å²) >= 11 is 12.5. The molecule has 0 bridgehead atoms. The van der Waals surface area contributed by atoms with Crippen molar-refractivity contribution in [3.05, 3.63) is 33.8 Å². The van der Waals surface area contributed by atoms with Crippen LogP contribution in [0, 0.1) is 5.92 Å². The lowest BCUT2D eigenvalue weighted by atomic mass is 9.88. The molecule has 0 radical (unpaired) electrons. The van der Waals surface area contributed by atoms with Gasteiger partial charge < -0.3 is 0 Å². The molecule has 2 rings (SSSR count). The molecule has 0 aromatic heterocycles. The van der Waals surface area contributed by atoms with Gasteiger partial charge in [0.15, 0.2) is 0 Å². The molecule has 2 nitrogen and oxygen atoms in total. The fraction of sp³-hybridized carbons (Fsp3) is 0.600. The van der Waals surface area contributed by atoms with Crippen LogP contribution >= 0.6 is 23.2 Å². The Morgan fingerprint density at radius 3 is 2.21 bits per heavy atom. The molecule has 19 heavy (non-hydrogen) atoms. The van der Waals surface area contributed by atoms with Gasteiger partial charge in [-0.2, -0.15) is 0 Å². The predicted molar refractivity (Wildman–Crippen MR) is 82.5 cm³/mol. The zero-order chi connectivity index (χ0) is 13.7. The maximum Gasteiger partial charge on any atom is 0.0453 e. The molecule has 1 saturated carbocycles. The van der Waals surface area contributed by atoms with Crippen LogP contribution in [0.5, 0.6) is 0 Å². The van der Waals surface area contributed by atoms with E-state index in [1.165, 1.54) is 38.5 Å². The molecule has 1 fully saturated rings. The number of hydrazine groups is 1. The third-order valence-corrected chi connectivity index (χ3v) is 4.88. The maximum absolute atomic E-state index is 6.25. The van der Waals surface area contributed by atoms with Crippen LogP contribution in [0.4, 0.5) is 0 Å². The lowest BCUT2D eigenvalue weighted by molar-refractivity contribution is 0.320. The normalized spacial score (nSPS) is 19.1. The average molecular weight is 301 g/mol. The third kappa shape index (κ3) is 4.09. The molecule has 1 aliphatic carbocycles. The van der Waals surface area contributed by atoms with Gasteiger partial charge in [0.1, 0.15) is 0 Å². The minimum absolute atomic E-state index is 0.260. The highest BCUT2D eigenvalue weighted by Crippen LogP contribution is 2.31. The first kappa shape index (κ1) is 15.1. The largest absolute Gasteiger partial charge is 0.271 e. The molecule has 1 unspecified atom stereocenters. The summed E-state index contributed by atoms with van der Waals surface area (Å²) in [6.07, 6.45) is 8.60. The summed E-state index contributed by atoms with van der Waals surface area (Å²) < 4.78 is 0. The highest BCUT2D eigenvalue weighted by Gasteiger charge is 2.23. The smallest absolute Gasteiger partial charge is 0.0453 e. The minimum atomic E-state index is 0.260. The van der Waals surface area contributed by atoms with Gasteiger partial charge in [-0.15, -0.1) is 0 Å². The van der Waals surface area contributed by atoms with Crippen LogP contribution in [-0.2, 0) is 6.42 Å². The van der Waals surface area contributed by atoms with E-state index in [1.807, 2.05) is 18.2 Å². The van der Waals surface area contributed by atoms with E-state index in [9.17, 15) is 0 Å². The molecule has 0 heterocycles. The van der Waals surface area contributed by atoms with Crippen molar-refractivity contribution < 1.29 is 0 Å². The highest BCUT2D eigenvalue weighted by atomic mass is 35.5. The third-order valence-electron chi connectivity index (χ3n) is 4.17. The Balaban J connectivity index is 2.09. The molecular weight excluding hydrogens is 279 g/mol. The zero-order valence-corrected chi connectivity index (χ0v) is 12.7. The number of nitrogens with two attached hydrogens (primary N) is 1. The van der Waals surface area contributed by atoms with Crippen molar-refractivity contribution in [1.82, 2.24) is 5.43 Å². The fourth-order valence-electron chi connectivity index (χ4n) is 3.02. The van der Waals surface area contributed by atoms with Crippen molar-refractivity contribution in [3.8, 4) is 0 Å².